The Kier molecular flexibility index (Phi) is 3.31. The molecule has 0 bridgehead atoms. The number of nitrogens with zero attached hydrogens (tertiary/aromatic N) is 1. The second-order valence-corrected chi connectivity index (χ2v) is 5.57. The van der Waals surface area contributed by atoms with Crippen LogP contribution in [0.3, 0.4) is 0 Å². The first-order chi connectivity index (χ1) is 8.02. The molecular weight excluding hydrogens is 228 g/mol. The molecule has 2 N–H and O–H groups in total. The molecule has 3 heteroatoms. The molecular formula is C14H18N2S. The molecule has 0 aliphatic carbocycles. The highest BCUT2D eigenvalue weighted by atomic mass is 32.1. The summed E-state index contributed by atoms with van der Waals surface area (Å²) in [4.78, 5) is 5.80. The number of hydrogen-bond donors (Lipinski definition) is 1. The molecule has 2 rings (SSSR count). The van der Waals surface area contributed by atoms with Crippen LogP contribution in [0.25, 0.3) is 10.6 Å². The third-order valence-corrected chi connectivity index (χ3v) is 4.36. The van der Waals surface area contributed by atoms with Crippen LogP contribution in [0.15, 0.2) is 12.1 Å². The van der Waals surface area contributed by atoms with Crippen LogP contribution in [0.5, 0.6) is 0 Å². The minimum absolute atomic E-state index is 0.577. The number of rotatable bonds is 2. The van der Waals surface area contributed by atoms with E-state index >= 15 is 0 Å². The first-order valence-electron chi connectivity index (χ1n) is 5.77. The van der Waals surface area contributed by atoms with E-state index in [-0.39, 0.29) is 0 Å². The fraction of sp³-hybridized carbons (Fsp3) is 0.357. The Labute approximate surface area is 107 Å². The molecule has 0 unspecified atom stereocenters. The second kappa shape index (κ2) is 4.59. The maximum absolute atomic E-state index is 5.70. The van der Waals surface area contributed by atoms with E-state index in [9.17, 15) is 0 Å². The van der Waals surface area contributed by atoms with Gasteiger partial charge in [0.15, 0.2) is 0 Å². The Morgan fingerprint density at radius 1 is 1.06 bits per heavy atom. The van der Waals surface area contributed by atoms with Crippen LogP contribution in [0.2, 0.25) is 0 Å². The maximum Gasteiger partial charge on any atom is 0.124 e. The quantitative estimate of drug-likeness (QED) is 0.880. The van der Waals surface area contributed by atoms with Gasteiger partial charge < -0.3 is 5.73 Å². The maximum atomic E-state index is 5.70. The highest BCUT2D eigenvalue weighted by Gasteiger charge is 2.11. The molecule has 0 aliphatic heterocycles. The van der Waals surface area contributed by atoms with Gasteiger partial charge in [-0.05, 0) is 50.5 Å². The molecule has 0 radical (unpaired) electrons. The summed E-state index contributed by atoms with van der Waals surface area (Å²) in [7, 11) is 0. The van der Waals surface area contributed by atoms with Gasteiger partial charge in [-0.3, -0.25) is 0 Å². The molecule has 0 fully saturated rings. The molecule has 2 aromatic rings. The molecule has 0 spiro atoms. The van der Waals surface area contributed by atoms with Crippen molar-refractivity contribution in [2.45, 2.75) is 34.2 Å². The van der Waals surface area contributed by atoms with E-state index in [4.69, 9.17) is 5.73 Å². The highest BCUT2D eigenvalue weighted by Crippen LogP contribution is 2.31. The average Bonchev–Trinajstić information content (AvgIpc) is 2.65. The lowest BCUT2D eigenvalue weighted by atomic mass is 10.0. The minimum atomic E-state index is 0.577. The van der Waals surface area contributed by atoms with Gasteiger partial charge in [-0.25, -0.2) is 4.98 Å². The topological polar surface area (TPSA) is 38.9 Å². The summed E-state index contributed by atoms with van der Waals surface area (Å²) in [6.45, 7) is 9.03. The number of thiazole rings is 1. The van der Waals surface area contributed by atoms with Crippen molar-refractivity contribution in [1.29, 1.82) is 0 Å². The summed E-state index contributed by atoms with van der Waals surface area (Å²) in [5, 5.41) is 1.09. The summed E-state index contributed by atoms with van der Waals surface area (Å²) in [5.41, 5.74) is 11.9. The van der Waals surface area contributed by atoms with Gasteiger partial charge >= 0.3 is 0 Å². The van der Waals surface area contributed by atoms with Gasteiger partial charge in [0.2, 0.25) is 0 Å². The van der Waals surface area contributed by atoms with Crippen molar-refractivity contribution in [1.82, 2.24) is 4.98 Å². The van der Waals surface area contributed by atoms with Crippen molar-refractivity contribution < 1.29 is 0 Å². The van der Waals surface area contributed by atoms with Crippen LogP contribution in [0.4, 0.5) is 0 Å². The standard InChI is InChI=1S/C14H18N2S/c1-8-5-10(3)12(6-9(8)2)14-16-11(4)13(7-15)17-14/h5-6H,7,15H2,1-4H3. The number of aryl methyl sites for hydroxylation is 4. The predicted molar refractivity (Wildman–Crippen MR) is 74.4 cm³/mol. The zero-order chi connectivity index (χ0) is 12.6. The Balaban J connectivity index is 2.56. The van der Waals surface area contributed by atoms with Gasteiger partial charge in [0.1, 0.15) is 5.01 Å². The second-order valence-electron chi connectivity index (χ2n) is 4.48. The molecule has 90 valence electrons. The monoisotopic (exact) mass is 246 g/mol. The smallest absolute Gasteiger partial charge is 0.124 e. The molecule has 0 aliphatic rings. The SMILES string of the molecule is Cc1cc(C)c(-c2nc(C)c(CN)s2)cc1C. The first-order valence-corrected chi connectivity index (χ1v) is 6.59. The van der Waals surface area contributed by atoms with Crippen molar-refractivity contribution >= 4 is 11.3 Å². The molecule has 1 heterocycles. The van der Waals surface area contributed by atoms with Crippen LogP contribution >= 0.6 is 11.3 Å². The lowest BCUT2D eigenvalue weighted by molar-refractivity contribution is 1.06. The van der Waals surface area contributed by atoms with Crippen molar-refractivity contribution in [3.63, 3.8) is 0 Å². The van der Waals surface area contributed by atoms with E-state index in [2.05, 4.69) is 37.9 Å². The molecule has 0 saturated heterocycles. The molecule has 0 amide bonds. The number of aromatic nitrogens is 1. The normalized spacial score (nSPS) is 10.9. The van der Waals surface area contributed by atoms with Gasteiger partial charge in [-0.2, -0.15) is 0 Å². The number of nitrogens with two attached hydrogens (primary N) is 1. The Morgan fingerprint density at radius 2 is 1.71 bits per heavy atom. The van der Waals surface area contributed by atoms with Crippen LogP contribution < -0.4 is 5.73 Å². The van der Waals surface area contributed by atoms with Gasteiger partial charge in [0.05, 0.1) is 5.69 Å². The van der Waals surface area contributed by atoms with Gasteiger partial charge in [0.25, 0.3) is 0 Å². The van der Waals surface area contributed by atoms with E-state index in [1.165, 1.54) is 27.1 Å². The molecule has 1 aromatic heterocycles. The van der Waals surface area contributed by atoms with Crippen molar-refractivity contribution in [3.8, 4) is 10.6 Å². The number of hydrogen-bond acceptors (Lipinski definition) is 3. The summed E-state index contributed by atoms with van der Waals surface area (Å²) >= 11 is 1.71. The van der Waals surface area contributed by atoms with E-state index in [0.717, 1.165) is 10.7 Å². The van der Waals surface area contributed by atoms with E-state index in [0.29, 0.717) is 6.54 Å². The molecule has 0 atom stereocenters. The summed E-state index contributed by atoms with van der Waals surface area (Å²) in [5.74, 6) is 0. The molecule has 17 heavy (non-hydrogen) atoms. The zero-order valence-electron chi connectivity index (χ0n) is 10.8. The third-order valence-electron chi connectivity index (χ3n) is 3.15. The van der Waals surface area contributed by atoms with Crippen molar-refractivity contribution in [2.24, 2.45) is 5.73 Å². The van der Waals surface area contributed by atoms with Gasteiger partial charge in [-0.1, -0.05) is 6.07 Å². The summed E-state index contributed by atoms with van der Waals surface area (Å²) < 4.78 is 0. The van der Waals surface area contributed by atoms with Crippen molar-refractivity contribution in [2.75, 3.05) is 0 Å². The van der Waals surface area contributed by atoms with E-state index in [1.54, 1.807) is 11.3 Å². The van der Waals surface area contributed by atoms with Crippen LogP contribution in [0, 0.1) is 27.7 Å². The molecule has 0 saturated carbocycles. The van der Waals surface area contributed by atoms with Crippen LogP contribution in [-0.4, -0.2) is 4.98 Å². The lowest BCUT2D eigenvalue weighted by Crippen LogP contribution is -1.94. The Bertz CT molecular complexity index is 556. The van der Waals surface area contributed by atoms with Crippen LogP contribution in [-0.2, 0) is 6.54 Å². The third kappa shape index (κ3) is 2.26. The van der Waals surface area contributed by atoms with Crippen LogP contribution in [0.1, 0.15) is 27.3 Å². The fourth-order valence-corrected chi connectivity index (χ4v) is 2.95. The Hall–Kier alpha value is -1.19. The number of benzene rings is 1. The molecule has 1 aromatic carbocycles. The first kappa shape index (κ1) is 12.3. The predicted octanol–water partition coefficient (Wildman–Crippen LogP) is 3.50. The Morgan fingerprint density at radius 3 is 2.29 bits per heavy atom. The van der Waals surface area contributed by atoms with Crippen molar-refractivity contribution in [3.05, 3.63) is 39.4 Å². The van der Waals surface area contributed by atoms with Gasteiger partial charge in [0, 0.05) is 17.0 Å². The highest BCUT2D eigenvalue weighted by molar-refractivity contribution is 7.15. The summed E-state index contributed by atoms with van der Waals surface area (Å²) in [6, 6.07) is 4.45. The van der Waals surface area contributed by atoms with Gasteiger partial charge in [-0.15, -0.1) is 11.3 Å². The minimum Gasteiger partial charge on any atom is -0.326 e. The summed E-state index contributed by atoms with van der Waals surface area (Å²) in [6.07, 6.45) is 0. The average molecular weight is 246 g/mol. The molecule has 2 nitrogen and oxygen atoms in total. The zero-order valence-corrected chi connectivity index (χ0v) is 11.6. The lowest BCUT2D eigenvalue weighted by Gasteiger charge is -2.07. The largest absolute Gasteiger partial charge is 0.326 e. The van der Waals surface area contributed by atoms with E-state index < -0.39 is 0 Å². The van der Waals surface area contributed by atoms with E-state index in [1.807, 2.05) is 6.92 Å². The fourth-order valence-electron chi connectivity index (χ4n) is 1.92.